The van der Waals surface area contributed by atoms with Gasteiger partial charge in [-0.1, -0.05) is 51.1 Å². The molecule has 160 valence electrons. The molecule has 2 aromatic carbocycles. The molecule has 6 nitrogen and oxygen atoms in total. The summed E-state index contributed by atoms with van der Waals surface area (Å²) in [6.07, 6.45) is 1.93. The van der Waals surface area contributed by atoms with E-state index in [0.717, 1.165) is 36.2 Å². The zero-order chi connectivity index (χ0) is 21.5. The second kappa shape index (κ2) is 10.1. The highest BCUT2D eigenvalue weighted by molar-refractivity contribution is 5.95. The molecule has 0 bridgehead atoms. The lowest BCUT2D eigenvalue weighted by Gasteiger charge is -2.35. The lowest BCUT2D eigenvalue weighted by atomic mass is 10.1. The highest BCUT2D eigenvalue weighted by Gasteiger charge is 2.32. The molecule has 2 amide bonds. The van der Waals surface area contributed by atoms with Gasteiger partial charge < -0.3 is 20.3 Å². The molecule has 3 rings (SSSR count). The van der Waals surface area contributed by atoms with Crippen LogP contribution in [0.3, 0.4) is 0 Å². The van der Waals surface area contributed by atoms with Crippen LogP contribution in [-0.4, -0.2) is 37.0 Å². The summed E-state index contributed by atoms with van der Waals surface area (Å²) in [5.41, 5.74) is 2.74. The average Bonchev–Trinajstić information content (AvgIpc) is 2.77. The molecule has 1 unspecified atom stereocenters. The van der Waals surface area contributed by atoms with Crippen LogP contribution >= 0.6 is 0 Å². The molecule has 0 aliphatic carbocycles. The van der Waals surface area contributed by atoms with Crippen LogP contribution in [0, 0.1) is 0 Å². The fourth-order valence-electron chi connectivity index (χ4n) is 3.69. The predicted molar refractivity (Wildman–Crippen MR) is 120 cm³/mol. The van der Waals surface area contributed by atoms with E-state index in [0.29, 0.717) is 12.3 Å². The van der Waals surface area contributed by atoms with Gasteiger partial charge >= 0.3 is 0 Å². The van der Waals surface area contributed by atoms with Gasteiger partial charge in [0.2, 0.25) is 5.91 Å². The Kier molecular flexibility index (Phi) is 7.33. The van der Waals surface area contributed by atoms with Crippen LogP contribution in [0.2, 0.25) is 0 Å². The zero-order valence-electron chi connectivity index (χ0n) is 18.0. The molecule has 1 aliphatic rings. The van der Waals surface area contributed by atoms with Gasteiger partial charge in [0, 0.05) is 11.7 Å². The first-order valence-corrected chi connectivity index (χ1v) is 10.7. The third-order valence-electron chi connectivity index (χ3n) is 5.49. The Morgan fingerprint density at radius 1 is 1.07 bits per heavy atom. The maximum atomic E-state index is 12.8. The van der Waals surface area contributed by atoms with E-state index < -0.39 is 6.10 Å². The van der Waals surface area contributed by atoms with Crippen molar-refractivity contribution in [3.8, 4) is 5.75 Å². The van der Waals surface area contributed by atoms with Gasteiger partial charge in [0.05, 0.1) is 18.8 Å². The summed E-state index contributed by atoms with van der Waals surface area (Å²) in [5, 5.41) is 6.07. The number of amides is 2. The first-order chi connectivity index (χ1) is 14.5. The first-order valence-electron chi connectivity index (χ1n) is 10.7. The van der Waals surface area contributed by atoms with Crippen molar-refractivity contribution < 1.29 is 14.3 Å². The second-order valence-corrected chi connectivity index (χ2v) is 7.54. The number of ether oxygens (including phenoxy) is 1. The number of aryl methyl sites for hydroxylation is 1. The summed E-state index contributed by atoms with van der Waals surface area (Å²) in [7, 11) is 0. The topological polar surface area (TPSA) is 70.7 Å². The third kappa shape index (κ3) is 5.12. The van der Waals surface area contributed by atoms with E-state index in [2.05, 4.69) is 31.4 Å². The molecule has 0 fully saturated rings. The third-order valence-corrected chi connectivity index (χ3v) is 5.49. The van der Waals surface area contributed by atoms with E-state index in [4.69, 9.17) is 4.74 Å². The number of fused-ring (bicyclic) bond motifs is 1. The Balaban J connectivity index is 1.74. The van der Waals surface area contributed by atoms with Crippen molar-refractivity contribution in [2.75, 3.05) is 23.3 Å². The van der Waals surface area contributed by atoms with Gasteiger partial charge in [0.1, 0.15) is 5.75 Å². The summed E-state index contributed by atoms with van der Waals surface area (Å²) in [6, 6.07) is 15.5. The van der Waals surface area contributed by atoms with Crippen LogP contribution in [-0.2, 0) is 16.0 Å². The van der Waals surface area contributed by atoms with Gasteiger partial charge in [-0.2, -0.15) is 0 Å². The molecule has 30 heavy (non-hydrogen) atoms. The molecule has 0 saturated heterocycles. The van der Waals surface area contributed by atoms with Crippen molar-refractivity contribution in [1.82, 2.24) is 5.32 Å². The average molecular weight is 410 g/mol. The zero-order valence-corrected chi connectivity index (χ0v) is 18.0. The van der Waals surface area contributed by atoms with Crippen molar-refractivity contribution in [3.63, 3.8) is 0 Å². The van der Waals surface area contributed by atoms with Gasteiger partial charge in [0.25, 0.3) is 5.91 Å². The monoisotopic (exact) mass is 409 g/mol. The molecular formula is C24H31N3O3. The number of nitrogens with one attached hydrogen (secondary N) is 2. The maximum absolute atomic E-state index is 12.8. The van der Waals surface area contributed by atoms with Crippen molar-refractivity contribution in [2.24, 2.45) is 0 Å². The molecule has 1 aliphatic heterocycles. The fraction of sp³-hybridized carbons (Fsp3) is 0.417. The van der Waals surface area contributed by atoms with E-state index in [1.807, 2.05) is 53.4 Å². The van der Waals surface area contributed by atoms with Crippen molar-refractivity contribution in [1.29, 1.82) is 0 Å². The Morgan fingerprint density at radius 2 is 1.77 bits per heavy atom. The molecular weight excluding hydrogens is 378 g/mol. The van der Waals surface area contributed by atoms with Crippen molar-refractivity contribution in [2.45, 2.75) is 52.2 Å². The van der Waals surface area contributed by atoms with Crippen LogP contribution in [0.1, 0.15) is 39.2 Å². The van der Waals surface area contributed by atoms with Gasteiger partial charge in [0.15, 0.2) is 6.10 Å². The molecule has 0 spiro atoms. The van der Waals surface area contributed by atoms with Crippen LogP contribution in [0.15, 0.2) is 48.5 Å². The Bertz CT molecular complexity index is 880. The maximum Gasteiger partial charge on any atom is 0.263 e. The summed E-state index contributed by atoms with van der Waals surface area (Å²) < 4.78 is 5.96. The molecule has 6 heteroatoms. The minimum Gasteiger partial charge on any atom is -0.477 e. The van der Waals surface area contributed by atoms with Gasteiger partial charge in [-0.25, -0.2) is 0 Å². The van der Waals surface area contributed by atoms with E-state index >= 15 is 0 Å². The van der Waals surface area contributed by atoms with Crippen molar-refractivity contribution in [3.05, 3.63) is 54.1 Å². The molecule has 2 aromatic rings. The molecule has 2 N–H and O–H groups in total. The highest BCUT2D eigenvalue weighted by atomic mass is 16.5. The minimum absolute atomic E-state index is 0.119. The van der Waals surface area contributed by atoms with Crippen LogP contribution in [0.4, 0.5) is 11.4 Å². The number of hydrogen-bond acceptors (Lipinski definition) is 4. The Labute approximate surface area is 178 Å². The number of carbonyl (C=O) groups is 2. The normalized spacial score (nSPS) is 15.3. The highest BCUT2D eigenvalue weighted by Crippen LogP contribution is 2.33. The molecule has 0 aromatic heterocycles. The van der Waals surface area contributed by atoms with E-state index in [1.165, 1.54) is 0 Å². The van der Waals surface area contributed by atoms with Crippen LogP contribution < -0.4 is 20.3 Å². The number of benzene rings is 2. The van der Waals surface area contributed by atoms with Crippen molar-refractivity contribution >= 4 is 23.2 Å². The number of anilines is 2. The van der Waals surface area contributed by atoms with E-state index in [-0.39, 0.29) is 24.4 Å². The summed E-state index contributed by atoms with van der Waals surface area (Å²) >= 11 is 0. The fourth-order valence-corrected chi connectivity index (χ4v) is 3.69. The quantitative estimate of drug-likeness (QED) is 0.696. The number of rotatable bonds is 8. The predicted octanol–water partition coefficient (Wildman–Crippen LogP) is 3.76. The SMILES string of the molecule is CCc1ccccc1NC(=O)CN1CC(C(=O)NC(CC)CC)Oc2ccccc21. The minimum atomic E-state index is -0.656. The number of nitrogens with zero attached hydrogens (tertiary/aromatic N) is 1. The summed E-state index contributed by atoms with van der Waals surface area (Å²) in [4.78, 5) is 27.5. The number of carbonyl (C=O) groups excluding carboxylic acids is 2. The Hall–Kier alpha value is -3.02. The molecule has 1 atom stereocenters. The summed E-state index contributed by atoms with van der Waals surface area (Å²) in [6.45, 7) is 6.64. The molecule has 1 heterocycles. The largest absolute Gasteiger partial charge is 0.477 e. The molecule has 0 radical (unpaired) electrons. The van der Waals surface area contributed by atoms with E-state index in [9.17, 15) is 9.59 Å². The standard InChI is InChI=1S/C24H31N3O3/c1-4-17-11-7-8-12-19(17)26-23(28)16-27-15-22(24(29)25-18(5-2)6-3)30-21-14-10-9-13-20(21)27/h7-14,18,22H,4-6,15-16H2,1-3H3,(H,25,29)(H,26,28). The Morgan fingerprint density at radius 3 is 2.50 bits per heavy atom. The van der Waals surface area contributed by atoms with Gasteiger partial charge in [-0.3, -0.25) is 9.59 Å². The van der Waals surface area contributed by atoms with Crippen LogP contribution in [0.25, 0.3) is 0 Å². The summed E-state index contributed by atoms with van der Waals surface area (Å²) in [5.74, 6) is 0.363. The van der Waals surface area contributed by atoms with Crippen LogP contribution in [0.5, 0.6) is 5.75 Å². The van der Waals surface area contributed by atoms with Gasteiger partial charge in [-0.15, -0.1) is 0 Å². The van der Waals surface area contributed by atoms with Gasteiger partial charge in [-0.05, 0) is 43.0 Å². The lowest BCUT2D eigenvalue weighted by Crippen LogP contribution is -2.52. The number of para-hydroxylation sites is 3. The lowest BCUT2D eigenvalue weighted by molar-refractivity contribution is -0.129. The first kappa shape index (κ1) is 21.7. The smallest absolute Gasteiger partial charge is 0.263 e. The number of hydrogen-bond donors (Lipinski definition) is 2. The van der Waals surface area contributed by atoms with E-state index in [1.54, 1.807) is 0 Å². The second-order valence-electron chi connectivity index (χ2n) is 7.54. The molecule has 0 saturated carbocycles.